The van der Waals surface area contributed by atoms with Crippen LogP contribution in [-0.4, -0.2) is 45.0 Å². The Morgan fingerprint density at radius 2 is 1.73 bits per heavy atom. The van der Waals surface area contributed by atoms with Crippen LogP contribution in [-0.2, 0) is 25.5 Å². The molecule has 8 nitrogen and oxygen atoms in total. The number of aromatic nitrogens is 2. The van der Waals surface area contributed by atoms with E-state index in [1.165, 1.54) is 12.1 Å². The van der Waals surface area contributed by atoms with Crippen molar-refractivity contribution in [2.24, 2.45) is 0 Å². The average molecular weight is 606 g/mol. The van der Waals surface area contributed by atoms with Gasteiger partial charge >= 0.3 is 5.97 Å². The molecule has 1 N–H and O–H groups in total. The lowest BCUT2D eigenvalue weighted by molar-refractivity contribution is -0.301. The van der Waals surface area contributed by atoms with E-state index in [1.807, 2.05) is 71.9 Å². The van der Waals surface area contributed by atoms with Gasteiger partial charge in [0.2, 0.25) is 0 Å². The van der Waals surface area contributed by atoms with Crippen molar-refractivity contribution in [2.75, 3.05) is 0 Å². The second kappa shape index (κ2) is 12.8. The van der Waals surface area contributed by atoms with Crippen molar-refractivity contribution < 1.29 is 28.2 Å². The van der Waals surface area contributed by atoms with Crippen LogP contribution in [0.2, 0.25) is 0 Å². The van der Waals surface area contributed by atoms with Gasteiger partial charge in [-0.3, -0.25) is 9.59 Å². The highest BCUT2D eigenvalue weighted by atomic mass is 19.1. The Labute approximate surface area is 259 Å². The predicted molar refractivity (Wildman–Crippen MR) is 165 cm³/mol. The Morgan fingerprint density at radius 3 is 2.36 bits per heavy atom. The normalized spacial score (nSPS) is 20.6. The van der Waals surface area contributed by atoms with Gasteiger partial charge in [0.05, 0.1) is 30.4 Å². The van der Waals surface area contributed by atoms with Gasteiger partial charge in [0.1, 0.15) is 22.9 Å². The Hall–Kier alpha value is -3.56. The summed E-state index contributed by atoms with van der Waals surface area (Å²) in [6, 6.07) is 15.8. The summed E-state index contributed by atoms with van der Waals surface area (Å²) >= 11 is 0. The molecule has 1 saturated heterocycles. The van der Waals surface area contributed by atoms with Gasteiger partial charge in [-0.05, 0) is 90.6 Å². The highest BCUT2D eigenvalue weighted by molar-refractivity contribution is 5.95. The van der Waals surface area contributed by atoms with Crippen LogP contribution in [0.1, 0.15) is 107 Å². The van der Waals surface area contributed by atoms with E-state index in [0.29, 0.717) is 30.9 Å². The fourth-order valence-electron chi connectivity index (χ4n) is 5.90. The summed E-state index contributed by atoms with van der Waals surface area (Å²) in [4.78, 5) is 31.2. The number of rotatable bonds is 10. The van der Waals surface area contributed by atoms with Gasteiger partial charge < -0.3 is 24.1 Å². The first kappa shape index (κ1) is 31.9. The molecule has 0 unspecified atom stereocenters. The zero-order valence-electron chi connectivity index (χ0n) is 26.6. The molecule has 2 aliphatic rings. The molecule has 1 saturated carbocycles. The maximum absolute atomic E-state index is 13.9. The SMILES string of the molecule is C[C@@H](NC(=O)c1nc(-c2ccc(F)cc2)n(CC[C@@H]2C[C@H](CC(=O)OC(C)(C)C)OC(C)(C)O2)c1C1CC1)c1ccccc1. The van der Waals surface area contributed by atoms with Crippen molar-refractivity contribution in [3.05, 3.63) is 77.4 Å². The molecule has 1 aliphatic heterocycles. The number of carbonyl (C=O) groups excluding carboxylic acids is 2. The lowest BCUT2D eigenvalue weighted by Gasteiger charge is -2.41. The van der Waals surface area contributed by atoms with E-state index in [2.05, 4.69) is 9.88 Å². The zero-order chi connectivity index (χ0) is 31.6. The topological polar surface area (TPSA) is 91.7 Å². The van der Waals surface area contributed by atoms with Crippen molar-refractivity contribution in [1.82, 2.24) is 14.9 Å². The first-order valence-electron chi connectivity index (χ1n) is 15.6. The number of hydrogen-bond donors (Lipinski definition) is 1. The van der Waals surface area contributed by atoms with E-state index < -0.39 is 11.4 Å². The summed E-state index contributed by atoms with van der Waals surface area (Å²) < 4.78 is 33.9. The molecular weight excluding hydrogens is 561 g/mol. The van der Waals surface area contributed by atoms with Gasteiger partial charge in [0, 0.05) is 24.4 Å². The van der Waals surface area contributed by atoms with Gasteiger partial charge in [0.25, 0.3) is 5.91 Å². The smallest absolute Gasteiger partial charge is 0.308 e. The minimum Gasteiger partial charge on any atom is -0.460 e. The van der Waals surface area contributed by atoms with Crippen LogP contribution in [0.15, 0.2) is 54.6 Å². The predicted octanol–water partition coefficient (Wildman–Crippen LogP) is 7.09. The Balaban J connectivity index is 1.40. The molecule has 3 aromatic rings. The standard InChI is InChI=1S/C35H44FN3O5/c1-22(23-10-8-7-9-11-23)37-33(41)30-31(24-12-13-24)39(32(38-30)25-14-16-26(36)17-15-25)19-18-27-20-28(43-35(5,6)42-27)21-29(40)44-34(2,3)4/h7-11,14-17,22,24,27-28H,12-13,18-21H2,1-6H3,(H,37,41)/t22-,27-,28-/m1/s1. The van der Waals surface area contributed by atoms with Crippen LogP contribution in [0.25, 0.3) is 11.4 Å². The number of nitrogens with zero attached hydrogens (tertiary/aromatic N) is 2. The van der Waals surface area contributed by atoms with Crippen LogP contribution in [0.3, 0.4) is 0 Å². The van der Waals surface area contributed by atoms with E-state index >= 15 is 0 Å². The van der Waals surface area contributed by atoms with E-state index in [1.54, 1.807) is 12.1 Å². The van der Waals surface area contributed by atoms with Crippen LogP contribution in [0.4, 0.5) is 4.39 Å². The van der Waals surface area contributed by atoms with Gasteiger partial charge in [-0.15, -0.1) is 0 Å². The first-order valence-corrected chi connectivity index (χ1v) is 15.6. The molecule has 1 amide bonds. The summed E-state index contributed by atoms with van der Waals surface area (Å²) in [7, 11) is 0. The summed E-state index contributed by atoms with van der Waals surface area (Å²) in [5, 5.41) is 3.13. The minimum atomic E-state index is -0.873. The molecular formula is C35H44FN3O5. The number of carbonyl (C=O) groups is 2. The highest BCUT2D eigenvalue weighted by Crippen LogP contribution is 2.44. The number of esters is 1. The maximum Gasteiger partial charge on any atom is 0.308 e. The molecule has 0 radical (unpaired) electrons. The van der Waals surface area contributed by atoms with E-state index in [9.17, 15) is 14.0 Å². The molecule has 5 rings (SSSR count). The summed E-state index contributed by atoms with van der Waals surface area (Å²) in [5.74, 6) is -0.896. The number of ether oxygens (including phenoxy) is 3. The van der Waals surface area contributed by atoms with Crippen molar-refractivity contribution in [3.8, 4) is 11.4 Å². The van der Waals surface area contributed by atoms with Gasteiger partial charge in [-0.2, -0.15) is 0 Å². The molecule has 1 aliphatic carbocycles. The van der Waals surface area contributed by atoms with Crippen molar-refractivity contribution in [3.63, 3.8) is 0 Å². The van der Waals surface area contributed by atoms with E-state index in [4.69, 9.17) is 19.2 Å². The van der Waals surface area contributed by atoms with Crippen molar-refractivity contribution in [1.29, 1.82) is 0 Å². The lowest BCUT2D eigenvalue weighted by Crippen LogP contribution is -2.46. The Kier molecular flexibility index (Phi) is 9.28. The summed E-state index contributed by atoms with van der Waals surface area (Å²) in [6.07, 6.45) is 2.69. The fraction of sp³-hybridized carbons (Fsp3) is 0.514. The third kappa shape index (κ3) is 8.12. The fourth-order valence-corrected chi connectivity index (χ4v) is 5.90. The van der Waals surface area contributed by atoms with Crippen molar-refractivity contribution >= 4 is 11.9 Å². The van der Waals surface area contributed by atoms with Gasteiger partial charge in [-0.1, -0.05) is 30.3 Å². The quantitative estimate of drug-likeness (QED) is 0.248. The third-order valence-electron chi connectivity index (χ3n) is 7.85. The molecule has 0 bridgehead atoms. The van der Waals surface area contributed by atoms with Gasteiger partial charge in [0.15, 0.2) is 5.79 Å². The number of amides is 1. The molecule has 1 aromatic heterocycles. The molecule has 9 heteroatoms. The number of hydrogen-bond acceptors (Lipinski definition) is 6. The molecule has 0 spiro atoms. The minimum absolute atomic E-state index is 0.143. The molecule has 2 heterocycles. The second-order valence-corrected chi connectivity index (χ2v) is 13.4. The molecule has 2 aromatic carbocycles. The van der Waals surface area contributed by atoms with Crippen LogP contribution in [0, 0.1) is 5.82 Å². The number of benzene rings is 2. The third-order valence-corrected chi connectivity index (χ3v) is 7.85. The summed E-state index contributed by atoms with van der Waals surface area (Å²) in [5.41, 5.74) is 2.48. The summed E-state index contributed by atoms with van der Waals surface area (Å²) in [6.45, 7) is 11.7. The second-order valence-electron chi connectivity index (χ2n) is 13.4. The first-order chi connectivity index (χ1) is 20.8. The molecule has 236 valence electrons. The Morgan fingerprint density at radius 1 is 1.07 bits per heavy atom. The van der Waals surface area contributed by atoms with E-state index in [-0.39, 0.29) is 48.3 Å². The highest BCUT2D eigenvalue weighted by Gasteiger charge is 2.39. The Bertz CT molecular complexity index is 1460. The van der Waals surface area contributed by atoms with Crippen LogP contribution >= 0.6 is 0 Å². The van der Waals surface area contributed by atoms with Crippen LogP contribution in [0.5, 0.6) is 0 Å². The molecule has 44 heavy (non-hydrogen) atoms. The lowest BCUT2D eigenvalue weighted by atomic mass is 10.0. The monoisotopic (exact) mass is 605 g/mol. The number of nitrogens with one attached hydrogen (secondary N) is 1. The number of halogens is 1. The zero-order valence-corrected chi connectivity index (χ0v) is 26.6. The van der Waals surface area contributed by atoms with Gasteiger partial charge in [-0.25, -0.2) is 9.37 Å². The molecule has 2 fully saturated rings. The largest absolute Gasteiger partial charge is 0.460 e. The van der Waals surface area contributed by atoms with Crippen molar-refractivity contribution in [2.45, 2.75) is 116 Å². The molecule has 3 atom stereocenters. The number of imidazole rings is 1. The average Bonchev–Trinajstić information content (AvgIpc) is 3.70. The van der Waals surface area contributed by atoms with E-state index in [0.717, 1.165) is 29.7 Å². The maximum atomic E-state index is 13.9. The van der Waals surface area contributed by atoms with Crippen LogP contribution < -0.4 is 5.32 Å².